The Morgan fingerprint density at radius 1 is 1.16 bits per heavy atom. The van der Waals surface area contributed by atoms with Gasteiger partial charge < -0.3 is 4.90 Å². The number of rotatable bonds is 4. The Balaban J connectivity index is 1.68. The van der Waals surface area contributed by atoms with E-state index >= 15 is 0 Å². The minimum absolute atomic E-state index is 0.0163. The van der Waals surface area contributed by atoms with E-state index in [1.165, 1.54) is 0 Å². The maximum atomic E-state index is 13.0. The van der Waals surface area contributed by atoms with Gasteiger partial charge in [0.05, 0.1) is 22.3 Å². The van der Waals surface area contributed by atoms with E-state index in [1.54, 1.807) is 23.2 Å². The Morgan fingerprint density at radius 3 is 2.72 bits per heavy atom. The summed E-state index contributed by atoms with van der Waals surface area (Å²) >= 11 is 6.23. The second-order valence-corrected chi connectivity index (χ2v) is 6.87. The number of aromatic nitrogens is 2. The molecule has 1 aromatic carbocycles. The Hall–Kier alpha value is -2.46. The van der Waals surface area contributed by atoms with Crippen LogP contribution in [-0.4, -0.2) is 27.8 Å². The fraction of sp³-hybridized carbons (Fsp3) is 0.250. The van der Waals surface area contributed by atoms with Crippen LogP contribution in [0.2, 0.25) is 5.02 Å². The number of fused-ring (bicyclic) bond motifs is 1. The van der Waals surface area contributed by atoms with Gasteiger partial charge in [0.2, 0.25) is 0 Å². The van der Waals surface area contributed by atoms with Gasteiger partial charge in [0.1, 0.15) is 5.69 Å². The predicted octanol–water partition coefficient (Wildman–Crippen LogP) is 4.51. The summed E-state index contributed by atoms with van der Waals surface area (Å²) in [6.07, 6.45) is 4.02. The second-order valence-electron chi connectivity index (χ2n) is 6.46. The lowest BCUT2D eigenvalue weighted by Crippen LogP contribution is -2.33. The van der Waals surface area contributed by atoms with Crippen LogP contribution in [0.1, 0.15) is 35.1 Å². The first kappa shape index (κ1) is 16.0. The van der Waals surface area contributed by atoms with Crippen molar-refractivity contribution in [3.63, 3.8) is 0 Å². The molecule has 1 atom stereocenters. The third-order valence-electron chi connectivity index (χ3n) is 4.69. The molecule has 0 aliphatic heterocycles. The summed E-state index contributed by atoms with van der Waals surface area (Å²) in [5.74, 6) is 0.359. The van der Waals surface area contributed by atoms with Gasteiger partial charge in [0.25, 0.3) is 5.91 Å². The number of nitrogens with zero attached hydrogens (tertiary/aromatic N) is 3. The Labute approximate surface area is 151 Å². The highest BCUT2D eigenvalue weighted by molar-refractivity contribution is 6.35. The van der Waals surface area contributed by atoms with Gasteiger partial charge in [-0.3, -0.25) is 9.78 Å². The van der Waals surface area contributed by atoms with Crippen LogP contribution in [0.5, 0.6) is 0 Å². The van der Waals surface area contributed by atoms with Gasteiger partial charge in [-0.2, -0.15) is 0 Å². The van der Waals surface area contributed by atoms with Crippen LogP contribution in [0.15, 0.2) is 54.7 Å². The van der Waals surface area contributed by atoms with Crippen LogP contribution >= 0.6 is 11.6 Å². The van der Waals surface area contributed by atoms with E-state index in [9.17, 15) is 4.79 Å². The van der Waals surface area contributed by atoms with E-state index in [1.807, 2.05) is 43.4 Å². The average Bonchev–Trinajstić information content (AvgIpc) is 3.47. The standard InChI is InChI=1S/C20H18ClN3O/c1-24(19(14-8-9-14)16-7-2-3-12-22-16)20(25)17-11-10-13-5-4-6-15(21)18(13)23-17/h2-7,10-12,14,19H,8-9H2,1H3/t19-/m0/s1. The Bertz CT molecular complexity index is 925. The summed E-state index contributed by atoms with van der Waals surface area (Å²) in [5.41, 5.74) is 1.99. The maximum Gasteiger partial charge on any atom is 0.272 e. The monoisotopic (exact) mass is 351 g/mol. The second kappa shape index (κ2) is 6.45. The molecular weight excluding hydrogens is 334 g/mol. The minimum atomic E-state index is -0.107. The zero-order valence-electron chi connectivity index (χ0n) is 13.9. The number of hydrogen-bond acceptors (Lipinski definition) is 3. The van der Waals surface area contributed by atoms with Gasteiger partial charge in [0, 0.05) is 18.6 Å². The molecule has 4 nitrogen and oxygen atoms in total. The van der Waals surface area contributed by atoms with Crippen molar-refractivity contribution in [1.29, 1.82) is 0 Å². The van der Waals surface area contributed by atoms with E-state index in [0.717, 1.165) is 23.9 Å². The van der Waals surface area contributed by atoms with Crippen molar-refractivity contribution in [2.75, 3.05) is 7.05 Å². The predicted molar refractivity (Wildman–Crippen MR) is 98.5 cm³/mol. The molecule has 25 heavy (non-hydrogen) atoms. The Morgan fingerprint density at radius 2 is 2.00 bits per heavy atom. The van der Waals surface area contributed by atoms with E-state index in [0.29, 0.717) is 22.2 Å². The molecule has 2 heterocycles. The molecule has 1 aliphatic carbocycles. The van der Waals surface area contributed by atoms with E-state index in [4.69, 9.17) is 11.6 Å². The summed E-state index contributed by atoms with van der Waals surface area (Å²) in [6.45, 7) is 0. The van der Waals surface area contributed by atoms with E-state index in [2.05, 4.69) is 9.97 Å². The van der Waals surface area contributed by atoms with Crippen molar-refractivity contribution in [3.05, 3.63) is 71.1 Å². The van der Waals surface area contributed by atoms with Gasteiger partial charge >= 0.3 is 0 Å². The largest absolute Gasteiger partial charge is 0.331 e. The third kappa shape index (κ3) is 3.10. The van der Waals surface area contributed by atoms with Crippen molar-refractivity contribution in [2.24, 2.45) is 5.92 Å². The lowest BCUT2D eigenvalue weighted by atomic mass is 10.1. The molecule has 0 spiro atoms. The number of pyridine rings is 2. The van der Waals surface area contributed by atoms with Gasteiger partial charge in [-0.15, -0.1) is 0 Å². The highest BCUT2D eigenvalue weighted by Crippen LogP contribution is 2.43. The van der Waals surface area contributed by atoms with Crippen molar-refractivity contribution >= 4 is 28.4 Å². The molecule has 0 unspecified atom stereocenters. The van der Waals surface area contributed by atoms with Crippen LogP contribution in [0.4, 0.5) is 0 Å². The molecule has 2 aromatic heterocycles. The van der Waals surface area contributed by atoms with Crippen LogP contribution in [0.3, 0.4) is 0 Å². The molecule has 0 bridgehead atoms. The molecular formula is C20H18ClN3O. The topological polar surface area (TPSA) is 46.1 Å². The number of benzene rings is 1. The summed E-state index contributed by atoms with van der Waals surface area (Å²) in [7, 11) is 1.83. The fourth-order valence-electron chi connectivity index (χ4n) is 3.26. The van der Waals surface area contributed by atoms with Gasteiger partial charge in [-0.05, 0) is 43.0 Å². The number of amides is 1. The molecule has 1 amide bonds. The van der Waals surface area contributed by atoms with Crippen LogP contribution in [0, 0.1) is 5.92 Å². The summed E-state index contributed by atoms with van der Waals surface area (Å²) < 4.78 is 0. The smallest absolute Gasteiger partial charge is 0.272 e. The van der Waals surface area contributed by atoms with Gasteiger partial charge in [-0.25, -0.2) is 4.98 Å². The van der Waals surface area contributed by atoms with Crippen LogP contribution < -0.4 is 0 Å². The molecule has 1 fully saturated rings. The van der Waals surface area contributed by atoms with Crippen LogP contribution in [-0.2, 0) is 0 Å². The number of halogens is 1. The lowest BCUT2D eigenvalue weighted by Gasteiger charge is -2.27. The fourth-order valence-corrected chi connectivity index (χ4v) is 3.48. The van der Waals surface area contributed by atoms with Crippen LogP contribution in [0.25, 0.3) is 10.9 Å². The summed E-state index contributed by atoms with van der Waals surface area (Å²) in [4.78, 5) is 23.8. The number of para-hydroxylation sites is 1. The molecule has 4 rings (SSSR count). The SMILES string of the molecule is CN(C(=O)c1ccc2cccc(Cl)c2n1)[C@H](c1ccccn1)C1CC1. The zero-order chi connectivity index (χ0) is 17.4. The molecule has 126 valence electrons. The molecule has 0 N–H and O–H groups in total. The maximum absolute atomic E-state index is 13.0. The molecule has 1 aliphatic rings. The third-order valence-corrected chi connectivity index (χ3v) is 4.99. The van der Waals surface area contributed by atoms with Gasteiger partial charge in [0.15, 0.2) is 0 Å². The number of carbonyl (C=O) groups excluding carboxylic acids is 1. The van der Waals surface area contributed by atoms with E-state index < -0.39 is 0 Å². The van der Waals surface area contributed by atoms with E-state index in [-0.39, 0.29) is 11.9 Å². The van der Waals surface area contributed by atoms with Crippen molar-refractivity contribution in [2.45, 2.75) is 18.9 Å². The summed E-state index contributed by atoms with van der Waals surface area (Å²) in [6, 6.07) is 15.1. The highest BCUT2D eigenvalue weighted by Gasteiger charge is 2.38. The molecule has 1 saturated carbocycles. The molecule has 5 heteroatoms. The highest BCUT2D eigenvalue weighted by atomic mass is 35.5. The minimum Gasteiger partial charge on any atom is -0.331 e. The molecule has 0 radical (unpaired) electrons. The summed E-state index contributed by atoms with van der Waals surface area (Å²) in [5, 5.41) is 1.48. The van der Waals surface area contributed by atoms with Crippen molar-refractivity contribution < 1.29 is 4.79 Å². The Kier molecular flexibility index (Phi) is 4.14. The number of carbonyl (C=O) groups is 1. The first-order chi connectivity index (χ1) is 12.1. The quantitative estimate of drug-likeness (QED) is 0.695. The average molecular weight is 352 g/mol. The van der Waals surface area contributed by atoms with Gasteiger partial charge in [-0.1, -0.05) is 35.9 Å². The lowest BCUT2D eigenvalue weighted by molar-refractivity contribution is 0.0701. The first-order valence-electron chi connectivity index (χ1n) is 8.38. The van der Waals surface area contributed by atoms with Crippen molar-refractivity contribution in [3.8, 4) is 0 Å². The molecule has 0 saturated heterocycles. The van der Waals surface area contributed by atoms with Crippen molar-refractivity contribution in [1.82, 2.24) is 14.9 Å². The normalized spacial score (nSPS) is 15.1. The zero-order valence-corrected chi connectivity index (χ0v) is 14.6. The number of hydrogen-bond donors (Lipinski definition) is 0. The first-order valence-corrected chi connectivity index (χ1v) is 8.76. The molecule has 3 aromatic rings.